The first kappa shape index (κ1) is 13.5. The largest absolute Gasteiger partial charge is 0.369 e. The molecule has 4 rings (SSSR count). The molecule has 0 saturated heterocycles. The summed E-state index contributed by atoms with van der Waals surface area (Å²) in [5.41, 5.74) is 1.19. The number of aromatic nitrogens is 2. The molecule has 0 unspecified atom stereocenters. The number of halogens is 1. The summed E-state index contributed by atoms with van der Waals surface area (Å²) in [6.07, 6.45) is 0. The molecule has 0 spiro atoms. The number of nitrogens with one attached hydrogen (secondary N) is 1. The monoisotopic (exact) mass is 330 g/mol. The summed E-state index contributed by atoms with van der Waals surface area (Å²) in [5, 5.41) is 6.77. The Balaban J connectivity index is 1.96. The number of thiophene rings is 1. The quantitative estimate of drug-likeness (QED) is 0.746. The van der Waals surface area contributed by atoms with Gasteiger partial charge >= 0.3 is 0 Å². The van der Waals surface area contributed by atoms with Crippen LogP contribution in [0, 0.1) is 0 Å². The molecule has 0 atom stereocenters. The third kappa shape index (κ3) is 2.20. The van der Waals surface area contributed by atoms with Crippen molar-refractivity contribution < 1.29 is 4.79 Å². The van der Waals surface area contributed by atoms with Crippen molar-refractivity contribution >= 4 is 45.6 Å². The second-order valence-electron chi connectivity index (χ2n) is 4.89. The van der Waals surface area contributed by atoms with E-state index in [4.69, 9.17) is 11.6 Å². The number of fused-ring (bicyclic) bond motifs is 3. The van der Waals surface area contributed by atoms with E-state index in [1.807, 2.05) is 28.1 Å². The summed E-state index contributed by atoms with van der Waals surface area (Å²) in [7, 11) is 0. The van der Waals surface area contributed by atoms with Crippen molar-refractivity contribution in [3.8, 4) is 0 Å². The number of hydrogen-bond acceptors (Lipinski definition) is 4. The van der Waals surface area contributed by atoms with Crippen LogP contribution in [0.25, 0.3) is 10.9 Å². The third-order valence-electron chi connectivity index (χ3n) is 3.51. The van der Waals surface area contributed by atoms with Crippen LogP contribution >= 0.6 is 22.9 Å². The van der Waals surface area contributed by atoms with Gasteiger partial charge in [0.25, 0.3) is 5.91 Å². The van der Waals surface area contributed by atoms with Gasteiger partial charge in [-0.1, -0.05) is 17.7 Å². The van der Waals surface area contributed by atoms with Gasteiger partial charge in [0.05, 0.1) is 10.4 Å². The number of carbonyl (C=O) groups is 1. The van der Waals surface area contributed by atoms with E-state index in [9.17, 15) is 4.79 Å². The zero-order valence-corrected chi connectivity index (χ0v) is 13.0. The summed E-state index contributed by atoms with van der Waals surface area (Å²) in [6.45, 7) is 1.50. The maximum Gasteiger partial charge on any atom is 0.290 e. The van der Waals surface area contributed by atoms with Crippen LogP contribution in [0.5, 0.6) is 0 Å². The number of rotatable bonds is 1. The van der Waals surface area contributed by atoms with Crippen LogP contribution in [0.15, 0.2) is 40.7 Å². The van der Waals surface area contributed by atoms with Crippen LogP contribution < -0.4 is 10.9 Å². The lowest BCUT2D eigenvalue weighted by atomic mass is 10.2. The molecule has 1 aliphatic rings. The van der Waals surface area contributed by atoms with Crippen LogP contribution in [-0.2, 0) is 6.54 Å². The Hall–Kier alpha value is -2.18. The Morgan fingerprint density at radius 2 is 2.32 bits per heavy atom. The number of benzene rings is 1. The van der Waals surface area contributed by atoms with Gasteiger partial charge in [-0.2, -0.15) is 4.99 Å². The second kappa shape index (κ2) is 5.23. The van der Waals surface area contributed by atoms with Gasteiger partial charge < -0.3 is 5.32 Å². The summed E-state index contributed by atoms with van der Waals surface area (Å²) < 4.78 is 1.92. The van der Waals surface area contributed by atoms with Crippen LogP contribution in [0.1, 0.15) is 9.67 Å². The lowest BCUT2D eigenvalue weighted by Gasteiger charge is -2.08. The third-order valence-corrected chi connectivity index (χ3v) is 4.60. The number of amides is 1. The van der Waals surface area contributed by atoms with Crippen molar-refractivity contribution in [2.45, 2.75) is 6.54 Å². The maximum atomic E-state index is 12.2. The van der Waals surface area contributed by atoms with Crippen molar-refractivity contribution in [3.05, 3.63) is 51.2 Å². The first-order valence-corrected chi connectivity index (χ1v) is 8.05. The molecule has 3 aromatic rings. The van der Waals surface area contributed by atoms with E-state index in [0.29, 0.717) is 15.5 Å². The smallest absolute Gasteiger partial charge is 0.290 e. The van der Waals surface area contributed by atoms with E-state index in [1.165, 1.54) is 11.3 Å². The molecule has 7 heteroatoms. The molecule has 2 aromatic heterocycles. The highest BCUT2D eigenvalue weighted by atomic mass is 35.5. The summed E-state index contributed by atoms with van der Waals surface area (Å²) in [4.78, 5) is 21.5. The second-order valence-corrected chi connectivity index (χ2v) is 6.28. The first-order valence-electron chi connectivity index (χ1n) is 6.79. The summed E-state index contributed by atoms with van der Waals surface area (Å²) in [5.74, 6) is 0.641. The average Bonchev–Trinajstić information content (AvgIpc) is 3.19. The van der Waals surface area contributed by atoms with Gasteiger partial charge in [-0.05, 0) is 29.6 Å². The van der Waals surface area contributed by atoms with Crippen LogP contribution in [0.4, 0.5) is 5.82 Å². The lowest BCUT2D eigenvalue weighted by molar-refractivity contribution is 0.100. The first-order chi connectivity index (χ1) is 10.7. The molecule has 0 fully saturated rings. The molecule has 1 aromatic carbocycles. The van der Waals surface area contributed by atoms with Gasteiger partial charge in [0.1, 0.15) is 5.82 Å². The Kier molecular flexibility index (Phi) is 3.20. The number of nitrogens with zero attached hydrogens (tertiary/aromatic N) is 3. The van der Waals surface area contributed by atoms with Gasteiger partial charge in [0.2, 0.25) is 5.62 Å². The predicted octanol–water partition coefficient (Wildman–Crippen LogP) is 2.92. The molecule has 1 N–H and O–H groups in total. The molecule has 1 amide bonds. The molecule has 0 bridgehead atoms. The zero-order chi connectivity index (χ0) is 15.1. The Morgan fingerprint density at radius 1 is 1.41 bits per heavy atom. The molecular weight excluding hydrogens is 320 g/mol. The molecule has 0 aliphatic carbocycles. The summed E-state index contributed by atoms with van der Waals surface area (Å²) >= 11 is 7.45. The highest BCUT2D eigenvalue weighted by Crippen LogP contribution is 2.25. The predicted molar refractivity (Wildman–Crippen MR) is 87.4 cm³/mol. The fourth-order valence-corrected chi connectivity index (χ4v) is 3.31. The Bertz CT molecular complexity index is 946. The van der Waals surface area contributed by atoms with Crippen molar-refractivity contribution in [1.82, 2.24) is 9.55 Å². The van der Waals surface area contributed by atoms with E-state index in [0.717, 1.165) is 29.8 Å². The van der Waals surface area contributed by atoms with E-state index >= 15 is 0 Å². The number of anilines is 1. The van der Waals surface area contributed by atoms with E-state index in [-0.39, 0.29) is 5.91 Å². The van der Waals surface area contributed by atoms with E-state index in [1.54, 1.807) is 12.1 Å². The minimum atomic E-state index is -0.266. The topological polar surface area (TPSA) is 59.3 Å². The molecule has 110 valence electrons. The van der Waals surface area contributed by atoms with Crippen molar-refractivity contribution in [3.63, 3.8) is 0 Å². The Labute approximate surface area is 134 Å². The fourth-order valence-electron chi connectivity index (χ4n) is 2.53. The lowest BCUT2D eigenvalue weighted by Crippen LogP contribution is -2.24. The van der Waals surface area contributed by atoms with E-state index in [2.05, 4.69) is 15.3 Å². The van der Waals surface area contributed by atoms with Crippen LogP contribution in [-0.4, -0.2) is 22.0 Å². The van der Waals surface area contributed by atoms with Crippen LogP contribution in [0.3, 0.4) is 0 Å². The van der Waals surface area contributed by atoms with Gasteiger partial charge in [-0.3, -0.25) is 9.36 Å². The Morgan fingerprint density at radius 3 is 3.14 bits per heavy atom. The highest BCUT2D eigenvalue weighted by molar-refractivity contribution is 7.12. The highest BCUT2D eigenvalue weighted by Gasteiger charge is 2.16. The van der Waals surface area contributed by atoms with E-state index < -0.39 is 0 Å². The minimum absolute atomic E-state index is 0.266. The van der Waals surface area contributed by atoms with Gasteiger partial charge in [0, 0.05) is 23.5 Å². The van der Waals surface area contributed by atoms with Crippen LogP contribution in [0.2, 0.25) is 5.02 Å². The van der Waals surface area contributed by atoms with Crippen molar-refractivity contribution in [2.24, 2.45) is 4.99 Å². The molecule has 3 heterocycles. The SMILES string of the molecule is O=C(N=c1nc2ccc(Cl)cc2c2n1CCN2)c1cccs1. The summed E-state index contributed by atoms with van der Waals surface area (Å²) in [6, 6.07) is 9.10. The minimum Gasteiger partial charge on any atom is -0.369 e. The number of hydrogen-bond donors (Lipinski definition) is 1. The zero-order valence-electron chi connectivity index (χ0n) is 11.4. The molecule has 0 radical (unpaired) electrons. The normalized spacial score (nSPS) is 14.1. The molecular formula is C15H11ClN4OS. The van der Waals surface area contributed by atoms with Crippen molar-refractivity contribution in [2.75, 3.05) is 11.9 Å². The average molecular weight is 331 g/mol. The molecule has 5 nitrogen and oxygen atoms in total. The van der Waals surface area contributed by atoms with Gasteiger partial charge in [-0.25, -0.2) is 4.98 Å². The van der Waals surface area contributed by atoms with Crippen molar-refractivity contribution in [1.29, 1.82) is 0 Å². The standard InChI is InChI=1S/C15H11ClN4OS/c16-9-3-4-11-10(8-9)13-17-5-6-20(13)15(18-11)19-14(21)12-2-1-7-22-12/h1-4,7-8,17H,5-6H2. The fraction of sp³-hybridized carbons (Fsp3) is 0.133. The molecule has 22 heavy (non-hydrogen) atoms. The van der Waals surface area contributed by atoms with Gasteiger partial charge in [0.15, 0.2) is 0 Å². The molecule has 1 aliphatic heterocycles. The molecule has 0 saturated carbocycles. The van der Waals surface area contributed by atoms with Gasteiger partial charge in [-0.15, -0.1) is 11.3 Å². The maximum absolute atomic E-state index is 12.2. The number of carbonyl (C=O) groups excluding carboxylic acids is 1.